The topological polar surface area (TPSA) is 30.2 Å². The fraction of sp³-hybridized carbons (Fsp3) is 0.0345. The lowest BCUT2D eigenvalue weighted by atomic mass is 9.92. The van der Waals surface area contributed by atoms with Crippen molar-refractivity contribution in [2.45, 2.75) is 6.92 Å². The molecule has 0 radical (unpaired) electrons. The second kappa shape index (κ2) is 7.47. The first-order valence-corrected chi connectivity index (χ1v) is 10.8. The van der Waals surface area contributed by atoms with Crippen LogP contribution in [0.2, 0.25) is 0 Å². The zero-order valence-corrected chi connectivity index (χ0v) is 17.7. The molecule has 3 heteroatoms. The molecule has 0 saturated heterocycles. The van der Waals surface area contributed by atoms with Gasteiger partial charge in [-0.25, -0.2) is 0 Å². The van der Waals surface area contributed by atoms with E-state index in [0.29, 0.717) is 0 Å². The average molecular weight is 412 g/mol. The van der Waals surface area contributed by atoms with Gasteiger partial charge in [-0.3, -0.25) is 4.40 Å². The van der Waals surface area contributed by atoms with Gasteiger partial charge < -0.3 is 0 Å². The van der Waals surface area contributed by atoms with E-state index < -0.39 is 0 Å². The first-order valence-electron chi connectivity index (χ1n) is 10.8. The van der Waals surface area contributed by atoms with Gasteiger partial charge in [0.15, 0.2) is 11.5 Å². The monoisotopic (exact) mass is 411 g/mol. The van der Waals surface area contributed by atoms with E-state index in [1.807, 2.05) is 0 Å². The molecule has 0 unspecified atom stereocenters. The molecule has 6 rings (SSSR count). The Morgan fingerprint density at radius 3 is 1.97 bits per heavy atom. The van der Waals surface area contributed by atoms with Crippen LogP contribution in [0, 0.1) is 6.92 Å². The Hall–Kier alpha value is -4.24. The highest BCUT2D eigenvalue weighted by Crippen LogP contribution is 2.38. The molecule has 152 valence electrons. The summed E-state index contributed by atoms with van der Waals surface area (Å²) < 4.78 is 2.13. The number of hydrogen-bond donors (Lipinski definition) is 0. The van der Waals surface area contributed by atoms with Crippen LogP contribution in [0.5, 0.6) is 0 Å². The molecule has 0 aliphatic rings. The largest absolute Gasteiger partial charge is 0.281 e. The number of hydrogen-bond acceptors (Lipinski definition) is 2. The minimum absolute atomic E-state index is 0.851. The summed E-state index contributed by atoms with van der Waals surface area (Å²) in [5, 5.41) is 11.4. The van der Waals surface area contributed by atoms with Gasteiger partial charge in [-0.1, -0.05) is 109 Å². The van der Waals surface area contributed by atoms with Crippen LogP contribution in [0.1, 0.15) is 5.56 Å². The molecule has 0 aliphatic heterocycles. The van der Waals surface area contributed by atoms with Crippen molar-refractivity contribution in [3.63, 3.8) is 0 Å². The Labute approximate surface area is 186 Å². The molecule has 0 N–H and O–H groups in total. The number of rotatable bonds is 3. The Kier molecular flexibility index (Phi) is 4.32. The van der Waals surface area contributed by atoms with Crippen molar-refractivity contribution < 1.29 is 0 Å². The van der Waals surface area contributed by atoms with Crippen LogP contribution in [0.25, 0.3) is 50.1 Å². The number of pyridine rings is 1. The van der Waals surface area contributed by atoms with E-state index in [4.69, 9.17) is 0 Å². The van der Waals surface area contributed by atoms with Crippen LogP contribution < -0.4 is 0 Å². The zero-order chi connectivity index (χ0) is 21.5. The van der Waals surface area contributed by atoms with Gasteiger partial charge >= 0.3 is 0 Å². The predicted molar refractivity (Wildman–Crippen MR) is 132 cm³/mol. The highest BCUT2D eigenvalue weighted by atomic mass is 15.2. The lowest BCUT2D eigenvalue weighted by Gasteiger charge is -2.14. The number of benzene rings is 4. The van der Waals surface area contributed by atoms with Crippen LogP contribution in [-0.2, 0) is 0 Å². The van der Waals surface area contributed by atoms with Gasteiger partial charge in [-0.05, 0) is 29.0 Å². The van der Waals surface area contributed by atoms with E-state index in [9.17, 15) is 0 Å². The summed E-state index contributed by atoms with van der Waals surface area (Å²) >= 11 is 0. The van der Waals surface area contributed by atoms with E-state index in [2.05, 4.69) is 131 Å². The summed E-state index contributed by atoms with van der Waals surface area (Å²) in [5.74, 6) is 0.851. The van der Waals surface area contributed by atoms with E-state index in [-0.39, 0.29) is 0 Å². The Morgan fingerprint density at radius 2 is 1.19 bits per heavy atom. The number of aromatic nitrogens is 3. The van der Waals surface area contributed by atoms with Crippen molar-refractivity contribution in [3.8, 4) is 33.6 Å². The van der Waals surface area contributed by atoms with Gasteiger partial charge in [0, 0.05) is 22.7 Å². The second-order valence-electron chi connectivity index (χ2n) is 8.08. The highest BCUT2D eigenvalue weighted by molar-refractivity contribution is 6.05. The maximum absolute atomic E-state index is 4.57. The number of aryl methyl sites for hydroxylation is 1. The molecule has 0 spiro atoms. The summed E-state index contributed by atoms with van der Waals surface area (Å²) in [6.45, 7) is 2.10. The van der Waals surface area contributed by atoms with Crippen molar-refractivity contribution >= 4 is 16.4 Å². The fourth-order valence-corrected chi connectivity index (χ4v) is 4.41. The molecule has 0 fully saturated rings. The maximum Gasteiger partial charge on any atom is 0.169 e. The van der Waals surface area contributed by atoms with Crippen molar-refractivity contribution in [1.29, 1.82) is 0 Å². The van der Waals surface area contributed by atoms with Gasteiger partial charge in [0.2, 0.25) is 0 Å². The molecule has 6 aromatic rings. The second-order valence-corrected chi connectivity index (χ2v) is 8.08. The zero-order valence-electron chi connectivity index (χ0n) is 17.7. The third-order valence-corrected chi connectivity index (χ3v) is 6.02. The van der Waals surface area contributed by atoms with Crippen LogP contribution in [-0.4, -0.2) is 14.6 Å². The molecular weight excluding hydrogens is 390 g/mol. The van der Waals surface area contributed by atoms with Crippen molar-refractivity contribution in [2.75, 3.05) is 0 Å². The minimum Gasteiger partial charge on any atom is -0.281 e. The lowest BCUT2D eigenvalue weighted by molar-refractivity contribution is 1.11. The summed E-state index contributed by atoms with van der Waals surface area (Å²) in [4.78, 5) is 0. The van der Waals surface area contributed by atoms with E-state index >= 15 is 0 Å². The smallest absolute Gasteiger partial charge is 0.169 e. The van der Waals surface area contributed by atoms with Crippen molar-refractivity contribution in [2.24, 2.45) is 0 Å². The normalized spacial score (nSPS) is 11.3. The van der Waals surface area contributed by atoms with Gasteiger partial charge in [-0.15, -0.1) is 10.2 Å². The van der Waals surface area contributed by atoms with Crippen molar-refractivity contribution in [1.82, 2.24) is 14.6 Å². The average Bonchev–Trinajstić information content (AvgIpc) is 3.29. The van der Waals surface area contributed by atoms with Crippen LogP contribution in [0.4, 0.5) is 0 Å². The molecule has 32 heavy (non-hydrogen) atoms. The van der Waals surface area contributed by atoms with E-state index in [1.165, 1.54) is 33.2 Å². The molecular formula is C29H21N3. The molecule has 0 amide bonds. The van der Waals surface area contributed by atoms with Crippen LogP contribution >= 0.6 is 0 Å². The van der Waals surface area contributed by atoms with Crippen molar-refractivity contribution in [3.05, 3.63) is 115 Å². The summed E-state index contributed by atoms with van der Waals surface area (Å²) in [6.07, 6.45) is 2.19. The molecule has 2 heterocycles. The molecule has 3 nitrogen and oxygen atoms in total. The van der Waals surface area contributed by atoms with Gasteiger partial charge in [0.05, 0.1) is 0 Å². The molecule has 0 atom stereocenters. The molecule has 0 aliphatic carbocycles. The summed E-state index contributed by atoms with van der Waals surface area (Å²) in [6, 6.07) is 36.1. The third kappa shape index (κ3) is 2.98. The first kappa shape index (κ1) is 18.5. The SMILES string of the molecule is Cc1ccc(-c2nnc3c4ccccc4c(-c4ccccc4-c4ccccc4)cn23)cc1. The van der Waals surface area contributed by atoms with Gasteiger partial charge in [0.25, 0.3) is 0 Å². The standard InChI is InChI=1S/C29H21N3/c1-20-15-17-22(18-16-20)28-30-31-29-26-14-8-7-13-25(26)27(19-32(28)29)24-12-6-5-11-23(24)21-9-3-2-4-10-21/h2-19H,1H3. The predicted octanol–water partition coefficient (Wildman–Crippen LogP) is 7.19. The Balaban J connectivity index is 1.68. The summed E-state index contributed by atoms with van der Waals surface area (Å²) in [7, 11) is 0. The Bertz CT molecular complexity index is 1560. The van der Waals surface area contributed by atoms with E-state index in [1.54, 1.807) is 0 Å². The number of fused-ring (bicyclic) bond motifs is 3. The van der Waals surface area contributed by atoms with E-state index in [0.717, 1.165) is 22.4 Å². The third-order valence-electron chi connectivity index (χ3n) is 6.02. The van der Waals surface area contributed by atoms with Gasteiger partial charge in [-0.2, -0.15) is 0 Å². The maximum atomic E-state index is 4.57. The molecule has 0 bridgehead atoms. The first-order chi connectivity index (χ1) is 15.8. The molecule has 0 saturated carbocycles. The number of nitrogens with zero attached hydrogens (tertiary/aromatic N) is 3. The van der Waals surface area contributed by atoms with Crippen LogP contribution in [0.3, 0.4) is 0 Å². The Morgan fingerprint density at radius 1 is 0.531 bits per heavy atom. The summed E-state index contributed by atoms with van der Waals surface area (Å²) in [5.41, 5.74) is 7.93. The van der Waals surface area contributed by atoms with Gasteiger partial charge in [0.1, 0.15) is 0 Å². The quantitative estimate of drug-likeness (QED) is 0.308. The highest BCUT2D eigenvalue weighted by Gasteiger charge is 2.16. The fourth-order valence-electron chi connectivity index (χ4n) is 4.41. The molecule has 2 aromatic heterocycles. The minimum atomic E-state index is 0.851. The van der Waals surface area contributed by atoms with Crippen LogP contribution in [0.15, 0.2) is 109 Å². The molecule has 4 aromatic carbocycles. The lowest BCUT2D eigenvalue weighted by Crippen LogP contribution is -1.95.